The van der Waals surface area contributed by atoms with Gasteiger partial charge in [0, 0.05) is 10.6 Å². The monoisotopic (exact) mass is 628 g/mol. The minimum atomic E-state index is -4.11. The van der Waals surface area contributed by atoms with Gasteiger partial charge in [0.05, 0.1) is 22.4 Å². The van der Waals surface area contributed by atoms with E-state index in [4.69, 9.17) is 27.4 Å². The van der Waals surface area contributed by atoms with E-state index in [9.17, 15) is 27.6 Å². The number of hydrazine groups is 1. The Hall–Kier alpha value is -3.73. The third kappa shape index (κ3) is 5.92. The summed E-state index contributed by atoms with van der Waals surface area (Å²) in [6.07, 6.45) is 2.63. The molecule has 1 aliphatic carbocycles. The molecule has 5 rings (SSSR count). The van der Waals surface area contributed by atoms with Gasteiger partial charge in [-0.2, -0.15) is 13.4 Å². The Bertz CT molecular complexity index is 1650. The van der Waals surface area contributed by atoms with Gasteiger partial charge in [-0.25, -0.2) is 5.01 Å². The lowest BCUT2D eigenvalue weighted by atomic mass is 9.81. The van der Waals surface area contributed by atoms with Crippen LogP contribution in [-0.2, 0) is 19.7 Å². The van der Waals surface area contributed by atoms with E-state index in [1.165, 1.54) is 54.6 Å². The normalized spacial score (nSPS) is 18.5. The van der Waals surface area contributed by atoms with E-state index in [0.717, 1.165) is 28.4 Å². The van der Waals surface area contributed by atoms with Crippen LogP contribution in [0.15, 0.2) is 71.6 Å². The number of aryl methyl sites for hydroxylation is 1. The fraction of sp³-hybridized carbons (Fsp3) is 0.267. The third-order valence-electron chi connectivity index (χ3n) is 7.44. The van der Waals surface area contributed by atoms with Gasteiger partial charge >= 0.3 is 10.1 Å². The summed E-state index contributed by atoms with van der Waals surface area (Å²) < 4.78 is 30.5. The molecule has 12 heteroatoms. The molecule has 2 atom stereocenters. The van der Waals surface area contributed by atoms with Gasteiger partial charge in [0.15, 0.2) is 5.78 Å². The molecule has 2 aliphatic rings. The summed E-state index contributed by atoms with van der Waals surface area (Å²) in [6.45, 7) is 1.19. The topological polar surface area (TPSA) is 118 Å². The molecule has 1 saturated carbocycles. The first-order valence-corrected chi connectivity index (χ1v) is 15.4. The fourth-order valence-corrected chi connectivity index (χ4v) is 6.64. The molecule has 1 aliphatic heterocycles. The van der Waals surface area contributed by atoms with Crippen LogP contribution in [0.3, 0.4) is 0 Å². The first-order chi connectivity index (χ1) is 20.0. The number of nitrogens with zero attached hydrogens (tertiary/aromatic N) is 2. The minimum absolute atomic E-state index is 0.00209. The van der Waals surface area contributed by atoms with Crippen molar-refractivity contribution in [2.75, 3.05) is 6.54 Å². The number of rotatable bonds is 8. The Morgan fingerprint density at radius 3 is 2.07 bits per heavy atom. The molecule has 42 heavy (non-hydrogen) atoms. The third-order valence-corrected chi connectivity index (χ3v) is 9.25. The van der Waals surface area contributed by atoms with Gasteiger partial charge in [0.2, 0.25) is 0 Å². The summed E-state index contributed by atoms with van der Waals surface area (Å²) in [5, 5.41) is 1.91. The number of imide groups is 1. The van der Waals surface area contributed by atoms with E-state index in [2.05, 4.69) is 0 Å². The zero-order valence-corrected chi connectivity index (χ0v) is 24.8. The van der Waals surface area contributed by atoms with Crippen molar-refractivity contribution < 1.29 is 31.8 Å². The number of halogens is 2. The van der Waals surface area contributed by atoms with Crippen LogP contribution in [0.5, 0.6) is 5.75 Å². The number of hydrogen-bond acceptors (Lipinski definition) is 7. The van der Waals surface area contributed by atoms with E-state index in [-0.39, 0.29) is 31.8 Å². The van der Waals surface area contributed by atoms with Crippen LogP contribution >= 0.6 is 23.2 Å². The first kappa shape index (κ1) is 29.8. The quantitative estimate of drug-likeness (QED) is 0.184. The van der Waals surface area contributed by atoms with Crippen molar-refractivity contribution in [1.29, 1.82) is 0 Å². The zero-order valence-electron chi connectivity index (χ0n) is 22.5. The summed E-state index contributed by atoms with van der Waals surface area (Å²) in [4.78, 5) is 53.8. The van der Waals surface area contributed by atoms with Gasteiger partial charge in [-0.15, -0.1) is 0 Å². The molecule has 3 aromatic rings. The average Bonchev–Trinajstić information content (AvgIpc) is 3.21. The molecule has 0 radical (unpaired) electrons. The van der Waals surface area contributed by atoms with Crippen molar-refractivity contribution in [2.45, 2.75) is 37.5 Å². The van der Waals surface area contributed by atoms with E-state index in [1.807, 2.05) is 6.92 Å². The second-order valence-corrected chi connectivity index (χ2v) is 12.7. The molecule has 0 N–H and O–H groups in total. The molecule has 0 aromatic heterocycles. The van der Waals surface area contributed by atoms with Crippen molar-refractivity contribution >= 4 is 56.8 Å². The van der Waals surface area contributed by atoms with Crippen molar-refractivity contribution in [3.05, 3.63) is 93.5 Å². The summed E-state index contributed by atoms with van der Waals surface area (Å²) in [5.41, 5.74) is 0.958. The maximum atomic E-state index is 13.7. The van der Waals surface area contributed by atoms with Gasteiger partial charge in [-0.3, -0.25) is 19.2 Å². The maximum Gasteiger partial charge on any atom is 0.339 e. The number of Topliss-reactive ketones (excluding diaryl/α,β-unsaturated/α-hetero) is 1. The number of amides is 3. The van der Waals surface area contributed by atoms with Crippen molar-refractivity contribution in [3.63, 3.8) is 0 Å². The average molecular weight is 630 g/mol. The lowest BCUT2D eigenvalue weighted by molar-refractivity contribution is -0.154. The second-order valence-electron chi connectivity index (χ2n) is 10.3. The van der Waals surface area contributed by atoms with Gasteiger partial charge in [-0.1, -0.05) is 53.7 Å². The summed E-state index contributed by atoms with van der Waals surface area (Å²) in [7, 11) is -4.11. The van der Waals surface area contributed by atoms with Crippen molar-refractivity contribution in [1.82, 2.24) is 10.0 Å². The molecule has 1 heterocycles. The zero-order chi connectivity index (χ0) is 30.2. The van der Waals surface area contributed by atoms with Crippen LogP contribution < -0.4 is 4.18 Å². The predicted molar refractivity (Wildman–Crippen MR) is 155 cm³/mol. The smallest absolute Gasteiger partial charge is 0.339 e. The Labute approximate surface area is 253 Å². The second kappa shape index (κ2) is 11.9. The van der Waals surface area contributed by atoms with E-state index in [0.29, 0.717) is 12.8 Å². The maximum absolute atomic E-state index is 13.7. The Morgan fingerprint density at radius 1 is 0.905 bits per heavy atom. The fourth-order valence-electron chi connectivity index (χ4n) is 5.22. The van der Waals surface area contributed by atoms with Crippen LogP contribution in [0.2, 0.25) is 10.0 Å². The van der Waals surface area contributed by atoms with Gasteiger partial charge < -0.3 is 4.18 Å². The molecule has 2 fully saturated rings. The Balaban J connectivity index is 1.40. The first-order valence-electron chi connectivity index (χ1n) is 13.3. The SMILES string of the molecule is Cc1ccc(S(=O)(=O)Oc2ccc(C(=O)CN(C(=O)c3ccc(Cl)cc3Cl)N3C(=O)[C@H]4CCCC[C@@H]4C3=O)cc2)cc1. The lowest BCUT2D eigenvalue weighted by Gasteiger charge is -2.30. The van der Waals surface area contributed by atoms with Gasteiger partial charge in [-0.05, 0) is 74.4 Å². The molecule has 3 amide bonds. The Kier molecular flexibility index (Phi) is 8.41. The summed E-state index contributed by atoms with van der Waals surface area (Å²) in [5.74, 6) is -3.59. The number of carbonyl (C=O) groups excluding carboxylic acids is 4. The highest BCUT2D eigenvalue weighted by atomic mass is 35.5. The van der Waals surface area contributed by atoms with Crippen LogP contribution in [0.25, 0.3) is 0 Å². The molecule has 1 saturated heterocycles. The highest BCUT2D eigenvalue weighted by Crippen LogP contribution is 2.39. The van der Waals surface area contributed by atoms with Crippen LogP contribution in [0.1, 0.15) is 52.0 Å². The van der Waals surface area contributed by atoms with Crippen LogP contribution in [-0.4, -0.2) is 48.5 Å². The molecule has 3 aromatic carbocycles. The summed E-state index contributed by atoms with van der Waals surface area (Å²) in [6, 6.07) is 15.6. The number of carbonyl (C=O) groups is 4. The number of hydrogen-bond donors (Lipinski definition) is 0. The molecule has 0 spiro atoms. The van der Waals surface area contributed by atoms with Crippen molar-refractivity contribution in [2.24, 2.45) is 11.8 Å². The minimum Gasteiger partial charge on any atom is -0.379 e. The predicted octanol–water partition coefficient (Wildman–Crippen LogP) is 5.48. The van der Waals surface area contributed by atoms with E-state index < -0.39 is 52.0 Å². The summed E-state index contributed by atoms with van der Waals surface area (Å²) >= 11 is 12.3. The van der Waals surface area contributed by atoms with Crippen molar-refractivity contribution in [3.8, 4) is 5.75 Å². The van der Waals surface area contributed by atoms with E-state index in [1.54, 1.807) is 12.1 Å². The lowest BCUT2D eigenvalue weighted by Crippen LogP contribution is -2.52. The molecule has 9 nitrogen and oxygen atoms in total. The van der Waals surface area contributed by atoms with Gasteiger partial charge in [0.25, 0.3) is 17.7 Å². The number of fused-ring (bicyclic) bond motifs is 1. The molecular formula is C30H26Cl2N2O7S. The Morgan fingerprint density at radius 2 is 1.50 bits per heavy atom. The standard InChI is InChI=1S/C30H26Cl2N2O7S/c1-18-6-13-22(14-7-18)42(39,40)41-21-11-8-19(9-12-21)27(35)17-33(28(36)25-15-10-20(31)16-26(25)32)34-29(37)23-4-2-3-5-24(23)30(34)38/h6-16,23-24H,2-5,17H2,1H3/t23-,24-/m0/s1. The van der Waals surface area contributed by atoms with Crippen LogP contribution in [0.4, 0.5) is 0 Å². The molecule has 218 valence electrons. The highest BCUT2D eigenvalue weighted by Gasteiger charge is 2.52. The number of benzene rings is 3. The van der Waals surface area contributed by atoms with E-state index >= 15 is 0 Å². The molecule has 0 unspecified atom stereocenters. The van der Waals surface area contributed by atoms with Gasteiger partial charge in [0.1, 0.15) is 17.2 Å². The number of ketones is 1. The van der Waals surface area contributed by atoms with Crippen LogP contribution in [0, 0.1) is 18.8 Å². The highest BCUT2D eigenvalue weighted by molar-refractivity contribution is 7.87. The largest absolute Gasteiger partial charge is 0.379 e. The molecular weight excluding hydrogens is 603 g/mol. The molecule has 0 bridgehead atoms.